The third kappa shape index (κ3) is 4.38. The molecule has 0 fully saturated rings. The largest absolute Gasteiger partial charge is 0.480 e. The fraction of sp³-hybridized carbons (Fsp3) is 0.421. The number of hydrogen-bond acceptors (Lipinski definition) is 3. The van der Waals surface area contributed by atoms with Crippen molar-refractivity contribution in [3.63, 3.8) is 0 Å². The first kappa shape index (κ1) is 17.1. The van der Waals surface area contributed by atoms with Gasteiger partial charge in [0, 0.05) is 0 Å². The van der Waals surface area contributed by atoms with Crippen LogP contribution in [0, 0.1) is 0 Å². The van der Waals surface area contributed by atoms with Crippen LogP contribution in [0.3, 0.4) is 0 Å². The van der Waals surface area contributed by atoms with Crippen LogP contribution in [-0.4, -0.2) is 12.0 Å². The standard InChI is InChI=1S/C19H25NO3/c1-5-16(19(21)20-14(4)17-11-8-12-22-17)23-18-10-7-6-9-15(18)13(2)3/h6-14,16H,5H2,1-4H3,(H,20,21). The summed E-state index contributed by atoms with van der Waals surface area (Å²) in [7, 11) is 0. The van der Waals surface area contributed by atoms with E-state index in [1.165, 1.54) is 0 Å². The lowest BCUT2D eigenvalue weighted by Gasteiger charge is -2.22. The summed E-state index contributed by atoms with van der Waals surface area (Å²) in [5, 5.41) is 2.94. The van der Waals surface area contributed by atoms with Gasteiger partial charge in [0.15, 0.2) is 6.10 Å². The molecular formula is C19H25NO3. The third-order valence-corrected chi connectivity index (χ3v) is 3.80. The van der Waals surface area contributed by atoms with Gasteiger partial charge in [-0.2, -0.15) is 0 Å². The Balaban J connectivity index is 2.06. The molecule has 1 aromatic carbocycles. The van der Waals surface area contributed by atoms with Crippen LogP contribution in [0.2, 0.25) is 0 Å². The molecule has 2 unspecified atom stereocenters. The van der Waals surface area contributed by atoms with Crippen LogP contribution >= 0.6 is 0 Å². The molecule has 0 saturated carbocycles. The Hall–Kier alpha value is -2.23. The second-order valence-electron chi connectivity index (χ2n) is 5.95. The van der Waals surface area contributed by atoms with E-state index in [0.29, 0.717) is 12.3 Å². The van der Waals surface area contributed by atoms with Crippen molar-refractivity contribution in [1.29, 1.82) is 0 Å². The van der Waals surface area contributed by atoms with Gasteiger partial charge in [0.1, 0.15) is 11.5 Å². The Morgan fingerprint density at radius 1 is 1.17 bits per heavy atom. The number of hydrogen-bond donors (Lipinski definition) is 1. The van der Waals surface area contributed by atoms with E-state index in [2.05, 4.69) is 19.2 Å². The van der Waals surface area contributed by atoms with Gasteiger partial charge in [-0.05, 0) is 43.0 Å². The SMILES string of the molecule is CCC(Oc1ccccc1C(C)C)C(=O)NC(C)c1ccco1. The first-order valence-corrected chi connectivity index (χ1v) is 8.12. The predicted molar refractivity (Wildman–Crippen MR) is 90.5 cm³/mol. The number of amides is 1. The lowest BCUT2D eigenvalue weighted by molar-refractivity contribution is -0.128. The average Bonchev–Trinajstić information content (AvgIpc) is 3.07. The molecule has 2 rings (SSSR count). The number of furan rings is 1. The van der Waals surface area contributed by atoms with Crippen molar-refractivity contribution in [2.75, 3.05) is 0 Å². The summed E-state index contributed by atoms with van der Waals surface area (Å²) in [5.74, 6) is 1.72. The van der Waals surface area contributed by atoms with Crippen LogP contribution in [0.4, 0.5) is 0 Å². The highest BCUT2D eigenvalue weighted by molar-refractivity contribution is 5.81. The van der Waals surface area contributed by atoms with Gasteiger partial charge in [-0.25, -0.2) is 0 Å². The van der Waals surface area contributed by atoms with Crippen molar-refractivity contribution in [2.45, 2.75) is 52.2 Å². The Morgan fingerprint density at radius 3 is 2.52 bits per heavy atom. The maximum atomic E-state index is 12.5. The number of rotatable bonds is 7. The van der Waals surface area contributed by atoms with Crippen molar-refractivity contribution >= 4 is 5.91 Å². The molecule has 1 N–H and O–H groups in total. The van der Waals surface area contributed by atoms with Gasteiger partial charge >= 0.3 is 0 Å². The molecule has 0 aliphatic rings. The predicted octanol–water partition coefficient (Wildman–Crippen LogP) is 4.44. The minimum absolute atomic E-state index is 0.130. The molecule has 23 heavy (non-hydrogen) atoms. The quantitative estimate of drug-likeness (QED) is 0.822. The number of benzene rings is 1. The molecule has 0 spiro atoms. The molecule has 0 bridgehead atoms. The number of para-hydroxylation sites is 1. The maximum absolute atomic E-state index is 12.5. The van der Waals surface area contributed by atoms with Gasteiger partial charge < -0.3 is 14.5 Å². The summed E-state index contributed by atoms with van der Waals surface area (Å²) in [6.45, 7) is 8.07. The first-order valence-electron chi connectivity index (χ1n) is 8.12. The molecule has 0 saturated heterocycles. The van der Waals surface area contributed by atoms with E-state index < -0.39 is 6.10 Å². The molecular weight excluding hydrogens is 290 g/mol. The Bertz CT molecular complexity index is 619. The van der Waals surface area contributed by atoms with Gasteiger partial charge in [-0.1, -0.05) is 39.0 Å². The normalized spacial score (nSPS) is 13.6. The highest BCUT2D eigenvalue weighted by Gasteiger charge is 2.22. The minimum atomic E-state index is -0.521. The monoisotopic (exact) mass is 315 g/mol. The van der Waals surface area contributed by atoms with Crippen LogP contribution in [0.5, 0.6) is 5.75 Å². The van der Waals surface area contributed by atoms with E-state index in [0.717, 1.165) is 17.1 Å². The van der Waals surface area contributed by atoms with Gasteiger partial charge in [0.05, 0.1) is 12.3 Å². The first-order chi connectivity index (χ1) is 11.0. The molecule has 1 amide bonds. The van der Waals surface area contributed by atoms with E-state index in [1.54, 1.807) is 6.26 Å². The maximum Gasteiger partial charge on any atom is 0.261 e. The van der Waals surface area contributed by atoms with Crippen LogP contribution in [0.15, 0.2) is 47.1 Å². The number of carbonyl (C=O) groups excluding carboxylic acids is 1. The molecule has 124 valence electrons. The summed E-state index contributed by atoms with van der Waals surface area (Å²) >= 11 is 0. The molecule has 1 aromatic heterocycles. The zero-order valence-electron chi connectivity index (χ0n) is 14.2. The molecule has 4 nitrogen and oxygen atoms in total. The number of ether oxygens (including phenoxy) is 1. The zero-order chi connectivity index (χ0) is 16.8. The van der Waals surface area contributed by atoms with E-state index in [4.69, 9.17) is 9.15 Å². The topological polar surface area (TPSA) is 51.5 Å². The fourth-order valence-corrected chi connectivity index (χ4v) is 2.46. The molecule has 0 aliphatic carbocycles. The molecule has 0 radical (unpaired) electrons. The van der Waals surface area contributed by atoms with E-state index in [-0.39, 0.29) is 11.9 Å². The summed E-state index contributed by atoms with van der Waals surface area (Å²) in [5.41, 5.74) is 1.11. The van der Waals surface area contributed by atoms with Crippen LogP contribution < -0.4 is 10.1 Å². The van der Waals surface area contributed by atoms with Crippen molar-refractivity contribution in [2.24, 2.45) is 0 Å². The second kappa shape index (κ2) is 7.86. The number of carbonyl (C=O) groups is 1. The Morgan fingerprint density at radius 2 is 1.91 bits per heavy atom. The minimum Gasteiger partial charge on any atom is -0.480 e. The van der Waals surface area contributed by atoms with Crippen molar-refractivity contribution in [3.05, 3.63) is 54.0 Å². The Labute approximate surface area is 137 Å². The van der Waals surface area contributed by atoms with Crippen LogP contribution in [-0.2, 0) is 4.79 Å². The smallest absolute Gasteiger partial charge is 0.261 e. The van der Waals surface area contributed by atoms with Gasteiger partial charge in [0.2, 0.25) is 0 Å². The van der Waals surface area contributed by atoms with Gasteiger partial charge in [-0.15, -0.1) is 0 Å². The third-order valence-electron chi connectivity index (χ3n) is 3.80. The second-order valence-corrected chi connectivity index (χ2v) is 5.95. The molecule has 2 atom stereocenters. The van der Waals surface area contributed by atoms with E-state index >= 15 is 0 Å². The molecule has 2 aromatic rings. The zero-order valence-corrected chi connectivity index (χ0v) is 14.2. The van der Waals surface area contributed by atoms with Crippen LogP contribution in [0.25, 0.3) is 0 Å². The van der Waals surface area contributed by atoms with Crippen molar-refractivity contribution in [1.82, 2.24) is 5.32 Å². The molecule has 1 heterocycles. The lowest BCUT2D eigenvalue weighted by Crippen LogP contribution is -2.39. The van der Waals surface area contributed by atoms with Gasteiger partial charge in [0.25, 0.3) is 5.91 Å². The number of nitrogens with one attached hydrogen (secondary N) is 1. The van der Waals surface area contributed by atoms with Crippen molar-refractivity contribution < 1.29 is 13.9 Å². The van der Waals surface area contributed by atoms with E-state index in [1.807, 2.05) is 50.2 Å². The molecule has 0 aliphatic heterocycles. The fourth-order valence-electron chi connectivity index (χ4n) is 2.46. The summed E-state index contributed by atoms with van der Waals surface area (Å²) < 4.78 is 11.3. The summed E-state index contributed by atoms with van der Waals surface area (Å²) in [4.78, 5) is 12.5. The lowest BCUT2D eigenvalue weighted by atomic mass is 10.0. The van der Waals surface area contributed by atoms with Crippen molar-refractivity contribution in [3.8, 4) is 5.75 Å². The van der Waals surface area contributed by atoms with E-state index in [9.17, 15) is 4.79 Å². The highest BCUT2D eigenvalue weighted by atomic mass is 16.5. The van der Waals surface area contributed by atoms with Gasteiger partial charge in [-0.3, -0.25) is 4.79 Å². The average molecular weight is 315 g/mol. The summed E-state index contributed by atoms with van der Waals surface area (Å²) in [6.07, 6.45) is 1.68. The molecule has 4 heteroatoms. The van der Waals surface area contributed by atoms with Crippen LogP contribution in [0.1, 0.15) is 57.4 Å². The summed E-state index contributed by atoms with van der Waals surface area (Å²) in [6, 6.07) is 11.3. The highest BCUT2D eigenvalue weighted by Crippen LogP contribution is 2.27. The Kier molecular flexibility index (Phi) is 5.85.